The van der Waals surface area contributed by atoms with Gasteiger partial charge in [-0.3, -0.25) is 4.79 Å². The van der Waals surface area contributed by atoms with Gasteiger partial charge in [0.05, 0.1) is 0 Å². The van der Waals surface area contributed by atoms with Gasteiger partial charge in [-0.25, -0.2) is 0 Å². The van der Waals surface area contributed by atoms with Crippen LogP contribution in [0.5, 0.6) is 0 Å². The van der Waals surface area contributed by atoms with E-state index in [0.29, 0.717) is 5.78 Å². The van der Waals surface area contributed by atoms with Crippen LogP contribution in [0, 0.1) is 5.41 Å². The predicted molar refractivity (Wildman–Crippen MR) is 60.2 cm³/mol. The van der Waals surface area contributed by atoms with Gasteiger partial charge in [0.1, 0.15) is 5.78 Å². The normalized spacial score (nSPS) is 26.8. The Bertz CT molecular complexity index is 207. The van der Waals surface area contributed by atoms with Gasteiger partial charge < -0.3 is 0 Å². The van der Waals surface area contributed by atoms with Crippen molar-refractivity contribution in [2.24, 2.45) is 5.41 Å². The van der Waals surface area contributed by atoms with E-state index in [1.807, 2.05) is 6.08 Å². The molecule has 0 aromatic carbocycles. The molecule has 1 saturated carbocycles. The molecule has 0 aromatic heterocycles. The van der Waals surface area contributed by atoms with Crippen LogP contribution in [-0.2, 0) is 4.79 Å². The molecule has 0 spiro atoms. The van der Waals surface area contributed by atoms with Crippen molar-refractivity contribution in [3.8, 4) is 0 Å². The van der Waals surface area contributed by atoms with Crippen molar-refractivity contribution in [3.63, 3.8) is 0 Å². The Morgan fingerprint density at radius 2 is 2.29 bits per heavy atom. The Labute approximate surface area is 87.6 Å². The van der Waals surface area contributed by atoms with Crippen LogP contribution >= 0.6 is 0 Å². The van der Waals surface area contributed by atoms with Crippen molar-refractivity contribution in [3.05, 3.63) is 12.7 Å². The first-order valence-corrected chi connectivity index (χ1v) is 5.89. The Morgan fingerprint density at radius 3 is 2.79 bits per heavy atom. The SMILES string of the molecule is C=CCC1(CCCCC)CCCC1=O. The molecule has 0 saturated heterocycles. The molecule has 0 amide bonds. The lowest BCUT2D eigenvalue weighted by atomic mass is 9.77. The van der Waals surface area contributed by atoms with E-state index >= 15 is 0 Å². The highest BCUT2D eigenvalue weighted by Gasteiger charge is 2.39. The standard InChI is InChI=1S/C13H22O/c1-3-5-6-10-13(9-4-2)11-7-8-12(13)14/h4H,2-3,5-11H2,1H3. The number of carbonyl (C=O) groups is 1. The van der Waals surface area contributed by atoms with Gasteiger partial charge in [0, 0.05) is 11.8 Å². The summed E-state index contributed by atoms with van der Waals surface area (Å²) in [5, 5.41) is 0. The quantitative estimate of drug-likeness (QED) is 0.463. The van der Waals surface area contributed by atoms with Crippen molar-refractivity contribution in [1.29, 1.82) is 0 Å². The molecule has 1 aliphatic carbocycles. The monoisotopic (exact) mass is 194 g/mol. The van der Waals surface area contributed by atoms with E-state index in [0.717, 1.165) is 32.1 Å². The number of Topliss-reactive ketones (excluding diaryl/α,β-unsaturated/α-hetero) is 1. The van der Waals surface area contributed by atoms with Gasteiger partial charge in [0.2, 0.25) is 0 Å². The molecule has 1 atom stereocenters. The van der Waals surface area contributed by atoms with Gasteiger partial charge in [-0.2, -0.15) is 0 Å². The van der Waals surface area contributed by atoms with Gasteiger partial charge in [0.15, 0.2) is 0 Å². The summed E-state index contributed by atoms with van der Waals surface area (Å²) < 4.78 is 0. The summed E-state index contributed by atoms with van der Waals surface area (Å²) >= 11 is 0. The maximum atomic E-state index is 11.8. The molecule has 0 aromatic rings. The minimum absolute atomic E-state index is 0.00306. The first-order valence-electron chi connectivity index (χ1n) is 5.89. The summed E-state index contributed by atoms with van der Waals surface area (Å²) in [6.45, 7) is 5.98. The highest BCUT2D eigenvalue weighted by molar-refractivity contribution is 5.86. The molecular weight excluding hydrogens is 172 g/mol. The average Bonchev–Trinajstić information content (AvgIpc) is 2.50. The number of carbonyl (C=O) groups excluding carboxylic acids is 1. The Morgan fingerprint density at radius 1 is 1.50 bits per heavy atom. The molecule has 1 fully saturated rings. The zero-order valence-electron chi connectivity index (χ0n) is 9.35. The number of allylic oxidation sites excluding steroid dienone is 1. The molecule has 0 N–H and O–H groups in total. The molecule has 0 aliphatic heterocycles. The molecule has 1 nitrogen and oxygen atoms in total. The Kier molecular flexibility index (Phi) is 4.37. The summed E-state index contributed by atoms with van der Waals surface area (Å²) in [7, 11) is 0. The van der Waals surface area contributed by atoms with E-state index < -0.39 is 0 Å². The third kappa shape index (κ3) is 2.46. The van der Waals surface area contributed by atoms with E-state index in [2.05, 4.69) is 13.5 Å². The second kappa shape index (κ2) is 5.33. The van der Waals surface area contributed by atoms with Crippen molar-refractivity contribution in [2.45, 2.75) is 58.3 Å². The second-order valence-electron chi connectivity index (χ2n) is 4.51. The number of unbranched alkanes of at least 4 members (excludes halogenated alkanes) is 2. The smallest absolute Gasteiger partial charge is 0.139 e. The van der Waals surface area contributed by atoms with E-state index in [4.69, 9.17) is 0 Å². The average molecular weight is 194 g/mol. The topological polar surface area (TPSA) is 17.1 Å². The van der Waals surface area contributed by atoms with Gasteiger partial charge in [0.25, 0.3) is 0 Å². The molecule has 1 unspecified atom stereocenters. The van der Waals surface area contributed by atoms with Crippen molar-refractivity contribution in [1.82, 2.24) is 0 Å². The fraction of sp³-hybridized carbons (Fsp3) is 0.769. The number of ketones is 1. The van der Waals surface area contributed by atoms with Gasteiger partial charge in [-0.05, 0) is 25.7 Å². The second-order valence-corrected chi connectivity index (χ2v) is 4.51. The lowest BCUT2D eigenvalue weighted by molar-refractivity contribution is -0.126. The van der Waals surface area contributed by atoms with Crippen LogP contribution in [0.3, 0.4) is 0 Å². The lowest BCUT2D eigenvalue weighted by Crippen LogP contribution is -2.24. The van der Waals surface area contributed by atoms with Gasteiger partial charge >= 0.3 is 0 Å². The van der Waals surface area contributed by atoms with Crippen LogP contribution < -0.4 is 0 Å². The fourth-order valence-electron chi connectivity index (χ4n) is 2.56. The summed E-state index contributed by atoms with van der Waals surface area (Å²) in [5.74, 6) is 0.494. The van der Waals surface area contributed by atoms with E-state index in [-0.39, 0.29) is 5.41 Å². The van der Waals surface area contributed by atoms with Crippen LogP contribution in [0.25, 0.3) is 0 Å². The zero-order chi connectivity index (χ0) is 10.4. The molecule has 14 heavy (non-hydrogen) atoms. The lowest BCUT2D eigenvalue weighted by Gasteiger charge is -2.25. The van der Waals surface area contributed by atoms with Crippen molar-refractivity contribution >= 4 is 5.78 Å². The summed E-state index contributed by atoms with van der Waals surface area (Å²) in [5.41, 5.74) is -0.00306. The van der Waals surface area contributed by atoms with E-state index in [1.54, 1.807) is 0 Å². The first kappa shape index (κ1) is 11.5. The zero-order valence-corrected chi connectivity index (χ0v) is 9.35. The molecule has 0 radical (unpaired) electrons. The van der Waals surface area contributed by atoms with Crippen LogP contribution in [0.2, 0.25) is 0 Å². The minimum atomic E-state index is -0.00306. The van der Waals surface area contributed by atoms with E-state index in [9.17, 15) is 4.79 Å². The first-order chi connectivity index (χ1) is 6.75. The summed E-state index contributed by atoms with van der Waals surface area (Å²) in [4.78, 5) is 11.8. The predicted octanol–water partition coefficient (Wildman–Crippen LogP) is 3.88. The highest BCUT2D eigenvalue weighted by atomic mass is 16.1. The molecule has 0 heterocycles. The van der Waals surface area contributed by atoms with Gasteiger partial charge in [-0.15, -0.1) is 6.58 Å². The van der Waals surface area contributed by atoms with Crippen LogP contribution in [0.15, 0.2) is 12.7 Å². The fourth-order valence-corrected chi connectivity index (χ4v) is 2.56. The highest BCUT2D eigenvalue weighted by Crippen LogP contribution is 2.42. The van der Waals surface area contributed by atoms with E-state index in [1.165, 1.54) is 19.3 Å². The van der Waals surface area contributed by atoms with Crippen molar-refractivity contribution < 1.29 is 4.79 Å². The molecule has 1 rings (SSSR count). The number of hydrogen-bond donors (Lipinski definition) is 0. The molecule has 1 aliphatic rings. The third-order valence-corrected chi connectivity index (χ3v) is 3.44. The Balaban J connectivity index is 2.52. The van der Waals surface area contributed by atoms with Crippen LogP contribution in [0.4, 0.5) is 0 Å². The third-order valence-electron chi connectivity index (χ3n) is 3.44. The Hall–Kier alpha value is -0.590. The largest absolute Gasteiger partial charge is 0.299 e. The van der Waals surface area contributed by atoms with Crippen molar-refractivity contribution in [2.75, 3.05) is 0 Å². The van der Waals surface area contributed by atoms with Crippen LogP contribution in [0.1, 0.15) is 58.3 Å². The molecular formula is C13H22O. The summed E-state index contributed by atoms with van der Waals surface area (Å²) in [6, 6.07) is 0. The van der Waals surface area contributed by atoms with Gasteiger partial charge in [-0.1, -0.05) is 32.3 Å². The maximum absolute atomic E-state index is 11.8. The number of hydrogen-bond acceptors (Lipinski definition) is 1. The molecule has 0 bridgehead atoms. The summed E-state index contributed by atoms with van der Waals surface area (Å²) in [6.07, 6.45) is 10.6. The molecule has 1 heteroatoms. The molecule has 80 valence electrons. The minimum Gasteiger partial charge on any atom is -0.299 e. The van der Waals surface area contributed by atoms with Crippen LogP contribution in [-0.4, -0.2) is 5.78 Å². The number of rotatable bonds is 6. The maximum Gasteiger partial charge on any atom is 0.139 e.